The lowest BCUT2D eigenvalue weighted by Crippen LogP contribution is -2.37. The molecule has 1 aliphatic rings. The van der Waals surface area contributed by atoms with Crippen LogP contribution in [-0.2, 0) is 6.42 Å². The van der Waals surface area contributed by atoms with E-state index in [1.54, 1.807) is 30.3 Å². The monoisotopic (exact) mass is 438 g/mol. The number of nitrogens with zero attached hydrogens (tertiary/aromatic N) is 1. The molecule has 0 bridgehead atoms. The van der Waals surface area contributed by atoms with Crippen LogP contribution in [-0.4, -0.2) is 16.3 Å². The second-order valence-corrected chi connectivity index (χ2v) is 8.85. The number of hydrogen-bond donors (Lipinski definition) is 1. The zero-order valence-corrected chi connectivity index (χ0v) is 17.8. The van der Waals surface area contributed by atoms with Gasteiger partial charge in [0, 0.05) is 28.4 Å². The Kier molecular flexibility index (Phi) is 5.27. The number of nitrogens with one attached hydrogen (secondary N) is 1. The molecule has 0 saturated heterocycles. The smallest absolute Gasteiger partial charge is 0.268 e. The van der Waals surface area contributed by atoms with E-state index < -0.39 is 17.3 Å². The third-order valence-electron chi connectivity index (χ3n) is 5.34. The Morgan fingerprint density at radius 1 is 1.06 bits per heavy atom. The van der Waals surface area contributed by atoms with Crippen LogP contribution in [0.3, 0.4) is 0 Å². The van der Waals surface area contributed by atoms with Crippen LogP contribution in [0, 0.1) is 11.2 Å². The van der Waals surface area contributed by atoms with Crippen molar-refractivity contribution in [3.63, 3.8) is 0 Å². The van der Waals surface area contributed by atoms with Crippen LogP contribution in [0.5, 0.6) is 0 Å². The first-order valence-corrected chi connectivity index (χ1v) is 10.2. The molecular weight excluding hydrogens is 419 g/mol. The molecule has 0 saturated carbocycles. The molecule has 0 aliphatic heterocycles. The number of halogens is 2. The third kappa shape index (κ3) is 4.03. The van der Waals surface area contributed by atoms with Gasteiger partial charge < -0.3 is 5.32 Å². The van der Waals surface area contributed by atoms with E-state index in [4.69, 9.17) is 11.6 Å². The average Bonchev–Trinajstić information content (AvgIpc) is 2.69. The summed E-state index contributed by atoms with van der Waals surface area (Å²) in [6.45, 7) is 3.92. The Morgan fingerprint density at radius 2 is 1.74 bits per heavy atom. The lowest BCUT2D eigenvalue weighted by Gasteiger charge is -2.32. The van der Waals surface area contributed by atoms with Gasteiger partial charge in [-0.3, -0.25) is 19.0 Å². The largest absolute Gasteiger partial charge is 0.319 e. The van der Waals surface area contributed by atoms with Crippen molar-refractivity contribution in [1.29, 1.82) is 0 Å². The van der Waals surface area contributed by atoms with Gasteiger partial charge in [0.25, 0.3) is 11.5 Å². The summed E-state index contributed by atoms with van der Waals surface area (Å²) in [5.41, 5.74) is 0.183. The second kappa shape index (κ2) is 7.78. The lowest BCUT2D eigenvalue weighted by molar-refractivity contribution is 0.0909. The summed E-state index contributed by atoms with van der Waals surface area (Å²) in [6, 6.07) is 13.6. The van der Waals surface area contributed by atoms with Crippen LogP contribution in [0.4, 0.5) is 10.1 Å². The fourth-order valence-corrected chi connectivity index (χ4v) is 4.02. The summed E-state index contributed by atoms with van der Waals surface area (Å²) in [4.78, 5) is 39.3. The standard InChI is InChI=1S/C24H20ClFN2O3/c1-24(2)12-20-16(21(29)13-24)11-17(22(30)27-19-6-4-3-5-18(19)26)23(31)28(20)15-9-7-14(25)8-10-15/h3-11H,12-13H2,1-2H3,(H,27,30). The number of para-hydroxylation sites is 1. The van der Waals surface area contributed by atoms with Gasteiger partial charge in [0.2, 0.25) is 0 Å². The number of fused-ring (bicyclic) bond motifs is 1. The predicted octanol–water partition coefficient (Wildman–Crippen LogP) is 5.04. The van der Waals surface area contributed by atoms with Crippen molar-refractivity contribution in [2.45, 2.75) is 26.7 Å². The van der Waals surface area contributed by atoms with E-state index in [1.807, 2.05) is 13.8 Å². The number of pyridine rings is 1. The van der Waals surface area contributed by atoms with E-state index in [-0.39, 0.29) is 22.4 Å². The molecule has 2 aromatic carbocycles. The molecule has 1 amide bonds. The Bertz CT molecular complexity index is 1260. The molecule has 1 aliphatic carbocycles. The van der Waals surface area contributed by atoms with Crippen LogP contribution in [0.2, 0.25) is 5.02 Å². The number of aromatic nitrogens is 1. The highest BCUT2D eigenvalue weighted by atomic mass is 35.5. The number of carbonyl (C=O) groups is 2. The van der Waals surface area contributed by atoms with Crippen molar-refractivity contribution in [3.8, 4) is 5.69 Å². The molecule has 0 radical (unpaired) electrons. The van der Waals surface area contributed by atoms with Gasteiger partial charge in [-0.05, 0) is 54.3 Å². The Labute approximate surface area is 183 Å². The van der Waals surface area contributed by atoms with Crippen molar-refractivity contribution in [3.05, 3.63) is 92.6 Å². The normalized spacial score (nSPS) is 14.8. The fourth-order valence-electron chi connectivity index (χ4n) is 3.89. The molecule has 1 aromatic heterocycles. The molecule has 1 heterocycles. The van der Waals surface area contributed by atoms with Crippen LogP contribution >= 0.6 is 11.6 Å². The first-order chi connectivity index (χ1) is 14.7. The molecule has 3 aromatic rings. The average molecular weight is 439 g/mol. The maximum Gasteiger partial charge on any atom is 0.268 e. The summed E-state index contributed by atoms with van der Waals surface area (Å²) >= 11 is 6.00. The van der Waals surface area contributed by atoms with Gasteiger partial charge in [0.1, 0.15) is 11.4 Å². The highest BCUT2D eigenvalue weighted by molar-refractivity contribution is 6.30. The minimum atomic E-state index is -0.779. The quantitative estimate of drug-likeness (QED) is 0.623. The number of benzene rings is 2. The van der Waals surface area contributed by atoms with Crippen LogP contribution in [0.25, 0.3) is 5.69 Å². The van der Waals surface area contributed by atoms with Crippen molar-refractivity contribution < 1.29 is 14.0 Å². The number of Topliss-reactive ketones (excluding diaryl/α,β-unsaturated/α-hetero) is 1. The zero-order valence-electron chi connectivity index (χ0n) is 17.0. The molecule has 0 atom stereocenters. The number of ketones is 1. The molecule has 5 nitrogen and oxygen atoms in total. The van der Waals surface area contributed by atoms with Crippen LogP contribution in [0.1, 0.15) is 46.7 Å². The van der Waals surface area contributed by atoms with Gasteiger partial charge in [-0.15, -0.1) is 0 Å². The second-order valence-electron chi connectivity index (χ2n) is 8.41. The Hall–Kier alpha value is -3.25. The molecule has 1 N–H and O–H groups in total. The molecule has 31 heavy (non-hydrogen) atoms. The van der Waals surface area contributed by atoms with Gasteiger partial charge in [0.15, 0.2) is 5.78 Å². The van der Waals surface area contributed by atoms with Gasteiger partial charge in [-0.2, -0.15) is 0 Å². The molecule has 4 rings (SSSR count). The minimum absolute atomic E-state index is 0.0462. The summed E-state index contributed by atoms with van der Waals surface area (Å²) in [5.74, 6) is -1.54. The predicted molar refractivity (Wildman–Crippen MR) is 118 cm³/mol. The zero-order chi connectivity index (χ0) is 22.3. The number of anilines is 1. The van der Waals surface area contributed by atoms with Gasteiger partial charge in [0.05, 0.1) is 5.69 Å². The lowest BCUT2D eigenvalue weighted by atomic mass is 9.75. The topological polar surface area (TPSA) is 68.2 Å². The number of hydrogen-bond acceptors (Lipinski definition) is 3. The van der Waals surface area contributed by atoms with E-state index >= 15 is 0 Å². The van der Waals surface area contributed by atoms with E-state index in [1.165, 1.54) is 28.8 Å². The summed E-state index contributed by atoms with van der Waals surface area (Å²) < 4.78 is 15.4. The first-order valence-electron chi connectivity index (χ1n) is 9.80. The highest BCUT2D eigenvalue weighted by Gasteiger charge is 2.35. The van der Waals surface area contributed by atoms with Gasteiger partial charge in [-0.25, -0.2) is 4.39 Å². The van der Waals surface area contributed by atoms with Crippen molar-refractivity contribution >= 4 is 29.0 Å². The van der Waals surface area contributed by atoms with E-state index in [0.717, 1.165) is 0 Å². The first kappa shape index (κ1) is 21.0. The third-order valence-corrected chi connectivity index (χ3v) is 5.59. The molecule has 0 spiro atoms. The summed E-state index contributed by atoms with van der Waals surface area (Å²) in [5, 5.41) is 2.93. The highest BCUT2D eigenvalue weighted by Crippen LogP contribution is 2.35. The van der Waals surface area contributed by atoms with Gasteiger partial charge in [-0.1, -0.05) is 37.6 Å². The van der Waals surface area contributed by atoms with Crippen LogP contribution < -0.4 is 10.9 Å². The molecule has 7 heteroatoms. The van der Waals surface area contributed by atoms with Gasteiger partial charge >= 0.3 is 0 Å². The summed E-state index contributed by atoms with van der Waals surface area (Å²) in [7, 11) is 0. The molecule has 0 unspecified atom stereocenters. The maximum absolute atomic E-state index is 14.0. The molecule has 158 valence electrons. The minimum Gasteiger partial charge on any atom is -0.319 e. The van der Waals surface area contributed by atoms with E-state index in [2.05, 4.69) is 5.32 Å². The SMILES string of the molecule is CC1(C)CC(=O)c2cc(C(=O)Nc3ccccc3F)c(=O)n(-c3ccc(Cl)cc3)c2C1. The number of rotatable bonds is 3. The summed E-state index contributed by atoms with van der Waals surface area (Å²) in [6.07, 6.45) is 0.786. The number of carbonyl (C=O) groups excluding carboxylic acids is 2. The number of amides is 1. The van der Waals surface area contributed by atoms with Crippen molar-refractivity contribution in [2.24, 2.45) is 5.41 Å². The van der Waals surface area contributed by atoms with E-state index in [0.29, 0.717) is 34.8 Å². The van der Waals surface area contributed by atoms with Crippen molar-refractivity contribution in [1.82, 2.24) is 4.57 Å². The Morgan fingerprint density at radius 3 is 2.42 bits per heavy atom. The van der Waals surface area contributed by atoms with E-state index in [9.17, 15) is 18.8 Å². The fraction of sp³-hybridized carbons (Fsp3) is 0.208. The van der Waals surface area contributed by atoms with Crippen LogP contribution in [0.15, 0.2) is 59.4 Å². The molecular formula is C24H20ClFN2O3. The van der Waals surface area contributed by atoms with Crippen molar-refractivity contribution in [2.75, 3.05) is 5.32 Å². The Balaban J connectivity index is 1.91. The maximum atomic E-state index is 14.0. The molecule has 0 fully saturated rings.